The van der Waals surface area contributed by atoms with Gasteiger partial charge in [0.15, 0.2) is 6.61 Å². The van der Waals surface area contributed by atoms with Gasteiger partial charge in [-0.3, -0.25) is 4.79 Å². The van der Waals surface area contributed by atoms with Crippen LogP contribution in [0.4, 0.5) is 0 Å². The number of carbonyl (C=O) groups is 2. The normalized spacial score (nSPS) is 18.7. The average molecular weight is 433 g/mol. The number of halogens is 1. The second-order valence-electron chi connectivity index (χ2n) is 6.23. The van der Waals surface area contributed by atoms with Crippen LogP contribution in [-0.2, 0) is 29.0 Å². The molecular formula is C17H21ClN2O7S. The number of esters is 1. The summed E-state index contributed by atoms with van der Waals surface area (Å²) in [5.41, 5.74) is -0.106. The van der Waals surface area contributed by atoms with Gasteiger partial charge in [0.25, 0.3) is 5.91 Å². The minimum absolute atomic E-state index is 0.0461. The van der Waals surface area contributed by atoms with E-state index < -0.39 is 22.6 Å². The van der Waals surface area contributed by atoms with Gasteiger partial charge in [-0.25, -0.2) is 13.2 Å². The summed E-state index contributed by atoms with van der Waals surface area (Å²) in [6.45, 7) is 2.39. The lowest BCUT2D eigenvalue weighted by Gasteiger charge is -2.26. The Morgan fingerprint density at radius 3 is 2.29 bits per heavy atom. The molecule has 0 saturated carbocycles. The van der Waals surface area contributed by atoms with Crippen LogP contribution in [0.2, 0.25) is 5.02 Å². The van der Waals surface area contributed by atoms with E-state index in [9.17, 15) is 18.0 Å². The van der Waals surface area contributed by atoms with Crippen molar-refractivity contribution in [3.8, 4) is 0 Å². The monoisotopic (exact) mass is 432 g/mol. The van der Waals surface area contributed by atoms with Crippen molar-refractivity contribution in [1.82, 2.24) is 9.21 Å². The van der Waals surface area contributed by atoms with Crippen LogP contribution in [0.3, 0.4) is 0 Å². The first-order chi connectivity index (χ1) is 13.4. The van der Waals surface area contributed by atoms with Crippen molar-refractivity contribution in [1.29, 1.82) is 0 Å². The first kappa shape index (κ1) is 21.0. The van der Waals surface area contributed by atoms with E-state index in [0.29, 0.717) is 39.5 Å². The van der Waals surface area contributed by atoms with Gasteiger partial charge in [0.05, 0.1) is 41.9 Å². The minimum Gasteiger partial charge on any atom is -0.452 e. The summed E-state index contributed by atoms with van der Waals surface area (Å²) in [6, 6.07) is 3.84. The Hall–Kier alpha value is -1.72. The molecule has 0 spiro atoms. The molecule has 1 amide bonds. The number of carbonyl (C=O) groups excluding carboxylic acids is 2. The highest BCUT2D eigenvalue weighted by Gasteiger charge is 2.28. The molecule has 2 aliphatic heterocycles. The second kappa shape index (κ2) is 9.19. The third kappa shape index (κ3) is 4.81. The highest BCUT2D eigenvalue weighted by molar-refractivity contribution is 7.89. The molecule has 3 rings (SSSR count). The standard InChI is InChI=1S/C17H21ClN2O7S/c18-15-2-1-13(28(23,24)20-5-9-26-10-6-20)11-14(15)17(22)27-12-16(21)19-3-7-25-8-4-19/h1-2,11H,3-10,12H2. The SMILES string of the molecule is O=C(OCC(=O)N1CCOCC1)c1cc(S(=O)(=O)N2CCOCC2)ccc1Cl. The van der Waals surface area contributed by atoms with Gasteiger partial charge in [-0.15, -0.1) is 0 Å². The molecule has 1 aromatic rings. The van der Waals surface area contributed by atoms with E-state index in [2.05, 4.69) is 0 Å². The first-order valence-corrected chi connectivity index (χ1v) is 10.6. The van der Waals surface area contributed by atoms with Crippen LogP contribution in [0, 0.1) is 0 Å². The summed E-state index contributed by atoms with van der Waals surface area (Å²) in [7, 11) is -3.79. The predicted octanol–water partition coefficient (Wildman–Crippen LogP) is 0.377. The van der Waals surface area contributed by atoms with E-state index >= 15 is 0 Å². The van der Waals surface area contributed by atoms with E-state index in [4.69, 9.17) is 25.8 Å². The Labute approximate surface area is 168 Å². The fourth-order valence-electron chi connectivity index (χ4n) is 2.87. The van der Waals surface area contributed by atoms with E-state index in [0.717, 1.165) is 0 Å². The fourth-order valence-corrected chi connectivity index (χ4v) is 4.50. The van der Waals surface area contributed by atoms with Crippen molar-refractivity contribution in [2.45, 2.75) is 4.90 Å². The number of hydrogen-bond donors (Lipinski definition) is 0. The molecule has 0 N–H and O–H groups in total. The first-order valence-electron chi connectivity index (χ1n) is 8.79. The van der Waals surface area contributed by atoms with Gasteiger partial charge in [-0.1, -0.05) is 11.6 Å². The molecule has 1 aromatic carbocycles. The molecule has 9 nitrogen and oxygen atoms in total. The summed E-state index contributed by atoms with van der Waals surface area (Å²) in [5.74, 6) is -1.20. The fraction of sp³-hybridized carbons (Fsp3) is 0.529. The molecule has 0 atom stereocenters. The number of nitrogens with zero attached hydrogens (tertiary/aromatic N) is 2. The minimum atomic E-state index is -3.79. The number of morpholine rings is 2. The maximum Gasteiger partial charge on any atom is 0.340 e. The van der Waals surface area contributed by atoms with Crippen molar-refractivity contribution >= 4 is 33.5 Å². The average Bonchev–Trinajstić information content (AvgIpc) is 2.73. The van der Waals surface area contributed by atoms with Crippen LogP contribution in [0.25, 0.3) is 0 Å². The third-order valence-corrected chi connectivity index (χ3v) is 6.68. The molecule has 2 saturated heterocycles. The van der Waals surface area contributed by atoms with Crippen LogP contribution in [0.5, 0.6) is 0 Å². The molecule has 0 radical (unpaired) electrons. The zero-order valence-electron chi connectivity index (χ0n) is 15.1. The highest BCUT2D eigenvalue weighted by atomic mass is 35.5. The summed E-state index contributed by atoms with van der Waals surface area (Å²) >= 11 is 6.05. The smallest absolute Gasteiger partial charge is 0.340 e. The van der Waals surface area contributed by atoms with Crippen molar-refractivity contribution in [2.24, 2.45) is 0 Å². The number of hydrogen-bond acceptors (Lipinski definition) is 7. The van der Waals surface area contributed by atoms with Gasteiger partial charge < -0.3 is 19.1 Å². The van der Waals surface area contributed by atoms with Crippen molar-refractivity contribution in [2.75, 3.05) is 59.2 Å². The molecule has 2 fully saturated rings. The van der Waals surface area contributed by atoms with Gasteiger partial charge in [0.2, 0.25) is 10.0 Å². The number of benzene rings is 1. The van der Waals surface area contributed by atoms with E-state index in [1.807, 2.05) is 0 Å². The molecule has 154 valence electrons. The Balaban J connectivity index is 1.70. The number of amides is 1. The number of rotatable bonds is 5. The van der Waals surface area contributed by atoms with Crippen molar-refractivity contribution < 1.29 is 32.2 Å². The second-order valence-corrected chi connectivity index (χ2v) is 8.57. The Morgan fingerprint density at radius 1 is 1.04 bits per heavy atom. The molecule has 0 bridgehead atoms. The molecular weight excluding hydrogens is 412 g/mol. The van der Waals surface area contributed by atoms with Crippen LogP contribution >= 0.6 is 11.6 Å². The largest absolute Gasteiger partial charge is 0.452 e. The Bertz CT molecular complexity index is 834. The molecule has 2 heterocycles. The topological polar surface area (TPSA) is 102 Å². The van der Waals surface area contributed by atoms with Gasteiger partial charge in [-0.05, 0) is 18.2 Å². The van der Waals surface area contributed by atoms with Gasteiger partial charge in [0.1, 0.15) is 0 Å². The van der Waals surface area contributed by atoms with Crippen LogP contribution in [0.15, 0.2) is 23.1 Å². The molecule has 0 aliphatic carbocycles. The lowest BCUT2D eigenvalue weighted by atomic mass is 10.2. The molecule has 0 aromatic heterocycles. The number of sulfonamides is 1. The lowest BCUT2D eigenvalue weighted by Crippen LogP contribution is -2.42. The Morgan fingerprint density at radius 2 is 1.64 bits per heavy atom. The summed E-state index contributed by atoms with van der Waals surface area (Å²) in [4.78, 5) is 25.9. The van der Waals surface area contributed by atoms with Crippen LogP contribution < -0.4 is 0 Å². The summed E-state index contributed by atoms with van der Waals surface area (Å²) < 4.78 is 42.2. The quantitative estimate of drug-likeness (QED) is 0.619. The molecule has 28 heavy (non-hydrogen) atoms. The van der Waals surface area contributed by atoms with E-state index in [1.165, 1.54) is 27.4 Å². The number of ether oxygens (including phenoxy) is 3. The van der Waals surface area contributed by atoms with Crippen LogP contribution in [-0.4, -0.2) is 88.7 Å². The lowest BCUT2D eigenvalue weighted by molar-refractivity contribution is -0.138. The van der Waals surface area contributed by atoms with Gasteiger partial charge >= 0.3 is 5.97 Å². The van der Waals surface area contributed by atoms with Gasteiger partial charge in [-0.2, -0.15) is 4.31 Å². The third-order valence-electron chi connectivity index (χ3n) is 4.46. The van der Waals surface area contributed by atoms with Gasteiger partial charge in [0, 0.05) is 26.2 Å². The zero-order chi connectivity index (χ0) is 20.1. The highest BCUT2D eigenvalue weighted by Crippen LogP contribution is 2.24. The molecule has 11 heteroatoms. The van der Waals surface area contributed by atoms with E-state index in [-0.39, 0.29) is 34.5 Å². The maximum atomic E-state index is 12.7. The Kier molecular flexibility index (Phi) is 6.89. The molecule has 2 aliphatic rings. The predicted molar refractivity (Wildman–Crippen MR) is 98.7 cm³/mol. The van der Waals surface area contributed by atoms with Crippen LogP contribution in [0.1, 0.15) is 10.4 Å². The van der Waals surface area contributed by atoms with E-state index in [1.54, 1.807) is 0 Å². The van der Waals surface area contributed by atoms with Crippen molar-refractivity contribution in [3.63, 3.8) is 0 Å². The maximum absolute atomic E-state index is 12.7. The summed E-state index contributed by atoms with van der Waals surface area (Å²) in [5, 5.41) is 0.0461. The molecule has 0 unspecified atom stereocenters. The summed E-state index contributed by atoms with van der Waals surface area (Å²) in [6.07, 6.45) is 0. The van der Waals surface area contributed by atoms with Crippen molar-refractivity contribution in [3.05, 3.63) is 28.8 Å². The zero-order valence-corrected chi connectivity index (χ0v) is 16.7.